The Balaban J connectivity index is 1.67. The number of amides is 1. The van der Waals surface area contributed by atoms with Crippen LogP contribution in [0.1, 0.15) is 29.8 Å². The summed E-state index contributed by atoms with van der Waals surface area (Å²) in [5.74, 6) is -0.236. The number of aromatic nitrogens is 1. The number of hydrogen-bond acceptors (Lipinski definition) is 4. The van der Waals surface area contributed by atoms with Gasteiger partial charge < -0.3 is 19.3 Å². The van der Waals surface area contributed by atoms with E-state index in [-0.39, 0.29) is 30.0 Å². The number of fused-ring (bicyclic) bond motifs is 4. The Morgan fingerprint density at radius 1 is 1.18 bits per heavy atom. The number of methoxy groups -OCH3 is 1. The van der Waals surface area contributed by atoms with Gasteiger partial charge in [0.15, 0.2) is 0 Å². The van der Waals surface area contributed by atoms with E-state index in [9.17, 15) is 18.7 Å². The first-order valence-corrected chi connectivity index (χ1v) is 11.0. The van der Waals surface area contributed by atoms with Crippen molar-refractivity contribution in [3.8, 4) is 5.75 Å². The summed E-state index contributed by atoms with van der Waals surface area (Å²) in [6.07, 6.45) is 0. The van der Waals surface area contributed by atoms with Crippen LogP contribution in [0, 0.1) is 11.6 Å². The highest BCUT2D eigenvalue weighted by Crippen LogP contribution is 2.50. The summed E-state index contributed by atoms with van der Waals surface area (Å²) >= 11 is 0. The molecule has 3 aromatic rings. The molecule has 8 heteroatoms. The van der Waals surface area contributed by atoms with E-state index < -0.39 is 17.7 Å². The molecule has 0 radical (unpaired) electrons. The second kappa shape index (κ2) is 7.81. The van der Waals surface area contributed by atoms with Gasteiger partial charge in [0.05, 0.1) is 25.3 Å². The number of likely N-dealkylation sites (tertiary alicyclic amines) is 1. The Hall–Kier alpha value is -2.97. The molecule has 0 bridgehead atoms. The van der Waals surface area contributed by atoms with Crippen molar-refractivity contribution in [2.24, 2.45) is 7.05 Å². The average molecular weight is 456 g/mol. The van der Waals surface area contributed by atoms with Gasteiger partial charge in [0.1, 0.15) is 17.4 Å². The van der Waals surface area contributed by atoms with E-state index in [2.05, 4.69) is 4.57 Å². The van der Waals surface area contributed by atoms with Gasteiger partial charge in [0.25, 0.3) is 0 Å². The average Bonchev–Trinajstić information content (AvgIpc) is 3.06. The van der Waals surface area contributed by atoms with Crippen molar-refractivity contribution < 1.29 is 23.4 Å². The number of carbonyl (C=O) groups excluding carboxylic acids is 1. The number of aryl methyl sites for hydroxylation is 1. The van der Waals surface area contributed by atoms with E-state index in [1.54, 1.807) is 18.9 Å². The third-order valence-electron chi connectivity index (χ3n) is 7.23. The number of nitrogens with zero attached hydrogens (tertiary/aromatic N) is 3. The number of halogens is 2. The number of aliphatic hydroxyl groups excluding tert-OH is 1. The molecule has 0 aliphatic carbocycles. The Labute approximate surface area is 191 Å². The first kappa shape index (κ1) is 21.9. The van der Waals surface area contributed by atoms with Crippen molar-refractivity contribution in [3.63, 3.8) is 0 Å². The lowest BCUT2D eigenvalue weighted by Gasteiger charge is -2.56. The Bertz CT molecular complexity index is 1250. The molecule has 1 N–H and O–H groups in total. The molecule has 1 aromatic heterocycles. The van der Waals surface area contributed by atoms with Crippen LogP contribution in [-0.2, 0) is 23.8 Å². The fraction of sp³-hybridized carbons (Fsp3) is 0.400. The van der Waals surface area contributed by atoms with Crippen molar-refractivity contribution in [2.75, 3.05) is 33.4 Å². The maximum atomic E-state index is 14.5. The molecule has 0 unspecified atom stereocenters. The summed E-state index contributed by atoms with van der Waals surface area (Å²) in [6, 6.07) is 8.96. The minimum absolute atomic E-state index is 0.0103. The van der Waals surface area contributed by atoms with E-state index in [0.29, 0.717) is 19.6 Å². The zero-order valence-corrected chi connectivity index (χ0v) is 18.9. The maximum absolute atomic E-state index is 14.5. The third-order valence-corrected chi connectivity index (χ3v) is 7.23. The zero-order valence-electron chi connectivity index (χ0n) is 18.9. The predicted molar refractivity (Wildman–Crippen MR) is 120 cm³/mol. The lowest BCUT2D eigenvalue weighted by atomic mass is 9.68. The van der Waals surface area contributed by atoms with Crippen LogP contribution in [0.5, 0.6) is 5.75 Å². The van der Waals surface area contributed by atoms with Gasteiger partial charge in [-0.25, -0.2) is 8.78 Å². The van der Waals surface area contributed by atoms with E-state index in [1.165, 1.54) is 6.07 Å². The van der Waals surface area contributed by atoms with Crippen LogP contribution >= 0.6 is 0 Å². The van der Waals surface area contributed by atoms with Gasteiger partial charge in [-0.3, -0.25) is 9.69 Å². The minimum atomic E-state index is -0.498. The van der Waals surface area contributed by atoms with Gasteiger partial charge in [-0.05, 0) is 35.9 Å². The van der Waals surface area contributed by atoms with Crippen LogP contribution in [-0.4, -0.2) is 58.7 Å². The van der Waals surface area contributed by atoms with Crippen LogP contribution in [0.2, 0.25) is 0 Å². The van der Waals surface area contributed by atoms with Crippen molar-refractivity contribution in [2.45, 2.75) is 24.9 Å². The first-order chi connectivity index (χ1) is 15.8. The molecule has 174 valence electrons. The van der Waals surface area contributed by atoms with Gasteiger partial charge in [-0.2, -0.15) is 0 Å². The molecule has 1 fully saturated rings. The lowest BCUT2D eigenvalue weighted by Crippen LogP contribution is -2.67. The first-order valence-electron chi connectivity index (χ1n) is 11.0. The summed E-state index contributed by atoms with van der Waals surface area (Å²) in [5.41, 5.74) is 2.92. The molecule has 1 amide bonds. The quantitative estimate of drug-likeness (QED) is 0.657. The topological polar surface area (TPSA) is 57.9 Å². The van der Waals surface area contributed by atoms with Crippen LogP contribution in [0.25, 0.3) is 10.9 Å². The fourth-order valence-electron chi connectivity index (χ4n) is 5.68. The zero-order chi connectivity index (χ0) is 23.5. The van der Waals surface area contributed by atoms with E-state index >= 15 is 0 Å². The van der Waals surface area contributed by atoms with Gasteiger partial charge >= 0.3 is 0 Å². The summed E-state index contributed by atoms with van der Waals surface area (Å²) < 4.78 is 35.9. The lowest BCUT2D eigenvalue weighted by molar-refractivity contribution is -0.138. The van der Waals surface area contributed by atoms with Crippen molar-refractivity contribution in [3.05, 3.63) is 64.9 Å². The molecule has 2 aliphatic rings. The van der Waals surface area contributed by atoms with Gasteiger partial charge in [0.2, 0.25) is 5.91 Å². The second-order valence-electron chi connectivity index (χ2n) is 9.20. The highest BCUT2D eigenvalue weighted by atomic mass is 19.1. The fourth-order valence-corrected chi connectivity index (χ4v) is 5.68. The van der Waals surface area contributed by atoms with Gasteiger partial charge in [0, 0.05) is 68.3 Å². The molecule has 1 saturated heterocycles. The molecule has 6 nitrogen and oxygen atoms in total. The molecule has 33 heavy (non-hydrogen) atoms. The normalized spacial score (nSPS) is 19.6. The number of carbonyl (C=O) groups is 1. The van der Waals surface area contributed by atoms with E-state index in [1.807, 2.05) is 30.1 Å². The molecule has 5 rings (SSSR count). The molecule has 2 aromatic carbocycles. The Kier molecular flexibility index (Phi) is 5.17. The predicted octanol–water partition coefficient (Wildman–Crippen LogP) is 3.11. The maximum Gasteiger partial charge on any atom is 0.219 e. The number of rotatable bonds is 4. The molecular weight excluding hydrogens is 428 g/mol. The molecular formula is C25H27F2N3O3. The molecule has 3 heterocycles. The smallest absolute Gasteiger partial charge is 0.219 e. The molecule has 2 aliphatic heterocycles. The van der Waals surface area contributed by atoms with Crippen LogP contribution in [0.4, 0.5) is 8.78 Å². The second-order valence-corrected chi connectivity index (χ2v) is 9.20. The number of benzene rings is 2. The Morgan fingerprint density at radius 3 is 2.61 bits per heavy atom. The number of aliphatic hydroxyl groups is 1. The van der Waals surface area contributed by atoms with Crippen molar-refractivity contribution in [1.82, 2.24) is 14.4 Å². The van der Waals surface area contributed by atoms with Crippen molar-refractivity contribution in [1.29, 1.82) is 0 Å². The highest BCUT2D eigenvalue weighted by Gasteiger charge is 2.54. The summed E-state index contributed by atoms with van der Waals surface area (Å²) in [4.78, 5) is 15.9. The summed E-state index contributed by atoms with van der Waals surface area (Å²) in [6.45, 7) is 3.15. The third kappa shape index (κ3) is 3.31. The van der Waals surface area contributed by atoms with Gasteiger partial charge in [-0.1, -0.05) is 0 Å². The monoisotopic (exact) mass is 455 g/mol. The van der Waals surface area contributed by atoms with E-state index in [4.69, 9.17) is 4.74 Å². The van der Waals surface area contributed by atoms with E-state index in [0.717, 1.165) is 40.0 Å². The number of ether oxygens (including phenoxy) is 1. The molecule has 1 atom stereocenters. The van der Waals surface area contributed by atoms with Gasteiger partial charge in [-0.15, -0.1) is 0 Å². The standard InChI is InChI=1S/C25H27F2N3O3/c1-15(32)30-13-25(14-30)12-29(10-16-8-17(26)4-7-20(16)27)22(11-31)24-23(25)19-6-5-18(33-3)9-21(19)28(24)2/h4-9,22,31H,10-14H2,1-3H3/t22-/m1/s1. The van der Waals surface area contributed by atoms with Crippen molar-refractivity contribution >= 4 is 16.8 Å². The highest BCUT2D eigenvalue weighted by molar-refractivity contribution is 5.89. The summed E-state index contributed by atoms with van der Waals surface area (Å²) in [5, 5.41) is 11.5. The molecule has 0 saturated carbocycles. The number of hydrogen-bond donors (Lipinski definition) is 1. The SMILES string of the molecule is COc1ccc2c3c(n(C)c2c1)[C@@H](CO)N(Cc1cc(F)ccc1F)CC31CN(C(C)=O)C1. The summed E-state index contributed by atoms with van der Waals surface area (Å²) in [7, 11) is 3.57. The van der Waals surface area contributed by atoms with Crippen LogP contribution in [0.15, 0.2) is 36.4 Å². The minimum Gasteiger partial charge on any atom is -0.497 e. The largest absolute Gasteiger partial charge is 0.497 e. The van der Waals surface area contributed by atoms with Crippen LogP contribution in [0.3, 0.4) is 0 Å². The van der Waals surface area contributed by atoms with Crippen LogP contribution < -0.4 is 4.74 Å². The molecule has 1 spiro atoms. The Morgan fingerprint density at radius 2 is 1.94 bits per heavy atom.